The Hall–Kier alpha value is -4.29. The number of fused-ring (bicyclic) bond motifs is 1. The van der Waals surface area contributed by atoms with Crippen molar-refractivity contribution in [2.24, 2.45) is 17.8 Å². The van der Waals surface area contributed by atoms with Crippen molar-refractivity contribution in [3.8, 4) is 11.3 Å². The van der Waals surface area contributed by atoms with E-state index in [9.17, 15) is 24.3 Å². The number of benzene rings is 1. The molecule has 5 rings (SSSR count). The van der Waals surface area contributed by atoms with Crippen LogP contribution in [0.2, 0.25) is 0 Å². The van der Waals surface area contributed by atoms with E-state index >= 15 is 4.39 Å². The number of ether oxygens (including phenoxy) is 5. The summed E-state index contributed by atoms with van der Waals surface area (Å²) in [4.78, 5) is 60.4. The number of aryl methyl sites for hydroxylation is 1. The fraction of sp³-hybridized carbons (Fsp3) is 0.689. The lowest BCUT2D eigenvalue weighted by Gasteiger charge is -2.47. The number of esters is 1. The molecule has 0 radical (unpaired) electrons. The van der Waals surface area contributed by atoms with Crippen LogP contribution in [0.5, 0.6) is 0 Å². The van der Waals surface area contributed by atoms with Gasteiger partial charge in [0.25, 0.3) is 5.67 Å². The van der Waals surface area contributed by atoms with Crippen LogP contribution < -0.4 is 5.73 Å². The Morgan fingerprint density at radius 1 is 1.10 bits per heavy atom. The molecular formula is C45H67FN6O10. The molecule has 0 aliphatic carbocycles. The number of hydrogen-bond acceptors (Lipinski definition) is 14. The number of cyclic esters (lactones) is 1. The molecule has 4 heterocycles. The standard InChI is InChI=1S/C45H67FN6O10/c1-12-19-50(10)33-22-27(4)59-40(36(33)54)61-39-29(6)38(55)44(8,46)41(56)60-34(13-2)45(9)37(28(5)35(53)26(3)24-43(39,7)58-11)52(42(57)62-45)21-15-14-20-51-25-32(48-49-51)30-17-16-18-31(47)23-30/h12,16-18,23,25-29,33-34,36-37,39-40,54H,1,13-15,19-22,24,47H2,2-11H3/t26-,27-,28+,29+,33+,34-,36-,37-,39-,40+,43-,44+,45-/m1/s1. The number of unbranched alkanes of at least 4 members (excludes halogenated alkanes) is 1. The Bertz CT molecular complexity index is 1930. The number of aliphatic hydroxyl groups excluding tert-OH is 1. The highest BCUT2D eigenvalue weighted by Crippen LogP contribution is 2.44. The minimum atomic E-state index is -3.20. The minimum absolute atomic E-state index is 0.0223. The van der Waals surface area contributed by atoms with Gasteiger partial charge in [0.1, 0.15) is 23.7 Å². The van der Waals surface area contributed by atoms with Crippen molar-refractivity contribution in [2.45, 2.75) is 154 Å². The summed E-state index contributed by atoms with van der Waals surface area (Å²) in [5, 5.41) is 20.1. The maximum atomic E-state index is 17.0. The van der Waals surface area contributed by atoms with E-state index in [1.165, 1.54) is 18.9 Å². The van der Waals surface area contributed by atoms with Gasteiger partial charge in [0.05, 0.1) is 30.0 Å². The predicted octanol–water partition coefficient (Wildman–Crippen LogP) is 5.16. The molecule has 0 spiro atoms. The Kier molecular flexibility index (Phi) is 15.4. The van der Waals surface area contributed by atoms with Gasteiger partial charge in [-0.2, -0.15) is 0 Å². The molecule has 3 aliphatic rings. The summed E-state index contributed by atoms with van der Waals surface area (Å²) in [5.41, 5.74) is 1.76. The summed E-state index contributed by atoms with van der Waals surface area (Å²) in [5.74, 6) is -5.91. The normalized spacial score (nSPS) is 36.2. The number of carbonyl (C=O) groups excluding carboxylic acids is 4. The zero-order valence-corrected chi connectivity index (χ0v) is 37.9. The van der Waals surface area contributed by atoms with Crippen molar-refractivity contribution >= 4 is 29.3 Å². The molecule has 344 valence electrons. The van der Waals surface area contributed by atoms with E-state index in [1.54, 1.807) is 51.4 Å². The predicted molar refractivity (Wildman–Crippen MR) is 228 cm³/mol. The number of aromatic nitrogens is 3. The fourth-order valence-corrected chi connectivity index (χ4v) is 9.77. The van der Waals surface area contributed by atoms with Gasteiger partial charge < -0.3 is 39.4 Å². The second-order valence-electron chi connectivity index (χ2n) is 18.1. The van der Waals surface area contributed by atoms with Crippen LogP contribution in [0, 0.1) is 17.8 Å². The largest absolute Gasteiger partial charge is 0.455 e. The monoisotopic (exact) mass is 870 g/mol. The average molecular weight is 871 g/mol. The molecular weight excluding hydrogens is 804 g/mol. The molecule has 1 aromatic heterocycles. The number of hydrogen-bond donors (Lipinski definition) is 2. The first kappa shape index (κ1) is 48.7. The highest BCUT2D eigenvalue weighted by atomic mass is 19.1. The highest BCUT2D eigenvalue weighted by molar-refractivity contribution is 6.08. The van der Waals surface area contributed by atoms with Crippen molar-refractivity contribution in [1.82, 2.24) is 24.8 Å². The summed E-state index contributed by atoms with van der Waals surface area (Å²) in [6.07, 6.45) is -1.06. The molecule has 16 nitrogen and oxygen atoms in total. The Morgan fingerprint density at radius 3 is 2.44 bits per heavy atom. The number of halogens is 1. The van der Waals surface area contributed by atoms with Gasteiger partial charge in [-0.25, -0.2) is 14.0 Å². The third-order valence-corrected chi connectivity index (χ3v) is 13.3. The second-order valence-corrected chi connectivity index (χ2v) is 18.1. The summed E-state index contributed by atoms with van der Waals surface area (Å²) in [6.45, 7) is 17.4. The maximum Gasteiger partial charge on any atom is 0.410 e. The lowest BCUT2D eigenvalue weighted by Crippen LogP contribution is -2.62. The number of likely N-dealkylation sites (N-methyl/N-ethyl adjacent to an activating group) is 1. The van der Waals surface area contributed by atoms with Crippen molar-refractivity contribution in [3.05, 3.63) is 43.1 Å². The summed E-state index contributed by atoms with van der Waals surface area (Å²) in [7, 11) is 3.23. The van der Waals surface area contributed by atoms with Gasteiger partial charge in [-0.15, -0.1) is 11.7 Å². The lowest BCUT2D eigenvalue weighted by atomic mass is 9.73. The molecule has 3 saturated heterocycles. The lowest BCUT2D eigenvalue weighted by molar-refractivity contribution is -0.296. The number of aliphatic hydroxyl groups is 1. The number of nitrogen functional groups attached to an aromatic ring is 1. The third-order valence-electron chi connectivity index (χ3n) is 13.3. The number of rotatable bonds is 13. The van der Waals surface area contributed by atoms with Crippen LogP contribution in [0.15, 0.2) is 43.1 Å². The number of amides is 1. The molecule has 0 bridgehead atoms. The highest BCUT2D eigenvalue weighted by Gasteiger charge is 2.61. The molecule has 0 saturated carbocycles. The van der Waals surface area contributed by atoms with Gasteiger partial charge in [0.15, 0.2) is 17.7 Å². The molecule has 0 unspecified atom stereocenters. The van der Waals surface area contributed by atoms with Gasteiger partial charge in [-0.1, -0.05) is 51.1 Å². The van der Waals surface area contributed by atoms with E-state index in [0.29, 0.717) is 43.7 Å². The average Bonchev–Trinajstić information content (AvgIpc) is 3.81. The number of Topliss-reactive ketones (excluding diaryl/α,β-unsaturated/α-hetero) is 2. The molecule has 17 heteroatoms. The molecule has 3 aliphatic heterocycles. The topological polar surface area (TPSA) is 198 Å². The van der Waals surface area contributed by atoms with Gasteiger partial charge in [-0.3, -0.25) is 19.2 Å². The first-order valence-corrected chi connectivity index (χ1v) is 21.7. The van der Waals surface area contributed by atoms with E-state index < -0.39 is 89.2 Å². The van der Waals surface area contributed by atoms with E-state index in [2.05, 4.69) is 16.9 Å². The number of nitrogens with zero attached hydrogens (tertiary/aromatic N) is 5. The molecule has 1 amide bonds. The molecule has 3 N–H and O–H groups in total. The minimum Gasteiger partial charge on any atom is -0.455 e. The number of carbonyl (C=O) groups is 4. The van der Waals surface area contributed by atoms with Crippen molar-refractivity contribution in [1.29, 1.82) is 0 Å². The Labute approximate surface area is 364 Å². The SMILES string of the molecule is C=CCN(C)[C@H]1C[C@@H](C)O[C@@H](O[C@@H]2[C@@H](C)C(=O)[C@](C)(F)C(=O)O[C@H](CC)[C@@]3(C)OC(=O)N(CCCCn4cc(-c5cccc(N)c5)nn4)[C@@H]3[C@@H](C)C(=O)[C@H](C)C[C@@]2(C)OC)[C@@H]1O. The van der Waals surface area contributed by atoms with Crippen LogP contribution in [0.4, 0.5) is 14.9 Å². The van der Waals surface area contributed by atoms with Crippen LogP contribution in [0.25, 0.3) is 11.3 Å². The Balaban J connectivity index is 1.45. The quantitative estimate of drug-likeness (QED) is 0.0880. The van der Waals surface area contributed by atoms with E-state index in [4.69, 9.17) is 29.4 Å². The van der Waals surface area contributed by atoms with Gasteiger partial charge >= 0.3 is 12.1 Å². The van der Waals surface area contributed by atoms with Crippen molar-refractivity contribution < 1.29 is 52.4 Å². The molecule has 62 heavy (non-hydrogen) atoms. The number of nitrogens with two attached hydrogens (primary N) is 1. The Morgan fingerprint density at radius 2 is 1.79 bits per heavy atom. The molecule has 3 fully saturated rings. The van der Waals surface area contributed by atoms with Crippen LogP contribution >= 0.6 is 0 Å². The van der Waals surface area contributed by atoms with Crippen LogP contribution in [-0.2, 0) is 44.6 Å². The third kappa shape index (κ3) is 9.91. The second kappa shape index (κ2) is 19.6. The zero-order chi connectivity index (χ0) is 45.9. The summed E-state index contributed by atoms with van der Waals surface area (Å²) >= 11 is 0. The molecule has 13 atom stereocenters. The zero-order valence-electron chi connectivity index (χ0n) is 37.9. The number of methoxy groups -OCH3 is 1. The first-order valence-electron chi connectivity index (χ1n) is 21.7. The van der Waals surface area contributed by atoms with E-state index in [-0.39, 0.29) is 31.3 Å². The van der Waals surface area contributed by atoms with Crippen molar-refractivity contribution in [2.75, 3.05) is 33.0 Å². The number of anilines is 1. The van der Waals surface area contributed by atoms with E-state index in [0.717, 1.165) is 12.5 Å². The maximum absolute atomic E-state index is 17.0. The number of ketones is 2. The fourth-order valence-electron chi connectivity index (χ4n) is 9.77. The van der Waals surface area contributed by atoms with Crippen LogP contribution in [0.3, 0.4) is 0 Å². The smallest absolute Gasteiger partial charge is 0.410 e. The van der Waals surface area contributed by atoms with Crippen LogP contribution in [0.1, 0.15) is 87.5 Å². The summed E-state index contributed by atoms with van der Waals surface area (Å²) < 4.78 is 49.4. The van der Waals surface area contributed by atoms with Crippen LogP contribution in [-0.4, -0.2) is 140 Å². The van der Waals surface area contributed by atoms with E-state index in [1.807, 2.05) is 43.3 Å². The van der Waals surface area contributed by atoms with Crippen molar-refractivity contribution in [3.63, 3.8) is 0 Å². The molecule has 2 aromatic rings. The van der Waals surface area contributed by atoms with Gasteiger partial charge in [0.2, 0.25) is 0 Å². The number of alkyl halides is 1. The first-order chi connectivity index (χ1) is 29.1. The van der Waals surface area contributed by atoms with Gasteiger partial charge in [0, 0.05) is 61.8 Å². The molecule has 1 aromatic carbocycles. The van der Waals surface area contributed by atoms with Gasteiger partial charge in [-0.05, 0) is 79.0 Å². The summed E-state index contributed by atoms with van der Waals surface area (Å²) in [6, 6.07) is 5.96.